The number of piperidine rings is 2. The Kier molecular flexibility index (Phi) is 10.1. The lowest BCUT2D eigenvalue weighted by Crippen LogP contribution is -2.62. The summed E-state index contributed by atoms with van der Waals surface area (Å²) in [5.74, 6) is 0.757. The smallest absolute Gasteiger partial charge is 0.408 e. The summed E-state index contributed by atoms with van der Waals surface area (Å²) in [7, 11) is 0. The minimum absolute atomic E-state index is 0.00963. The van der Waals surface area contributed by atoms with Gasteiger partial charge in [0.15, 0.2) is 5.13 Å². The highest BCUT2D eigenvalue weighted by Gasteiger charge is 2.42. The van der Waals surface area contributed by atoms with Crippen LogP contribution in [0.25, 0.3) is 0 Å². The number of nitrogens with zero attached hydrogens (tertiary/aromatic N) is 4. The number of ether oxygens (including phenoxy) is 1. The predicted molar refractivity (Wildman–Crippen MR) is 165 cm³/mol. The Bertz CT molecular complexity index is 1250. The van der Waals surface area contributed by atoms with Crippen molar-refractivity contribution in [2.75, 3.05) is 25.0 Å². The van der Waals surface area contributed by atoms with Crippen molar-refractivity contribution in [1.29, 1.82) is 0 Å². The van der Waals surface area contributed by atoms with Crippen molar-refractivity contribution in [3.05, 3.63) is 35.0 Å². The average Bonchev–Trinajstić information content (AvgIpc) is 3.38. The lowest BCUT2D eigenvalue weighted by atomic mass is 9.91. The molecule has 2 aliphatic rings. The Balaban J connectivity index is 1.35. The van der Waals surface area contributed by atoms with Gasteiger partial charge in [-0.1, -0.05) is 19.4 Å². The van der Waals surface area contributed by atoms with Gasteiger partial charge in [0, 0.05) is 42.3 Å². The van der Waals surface area contributed by atoms with E-state index in [0.29, 0.717) is 26.1 Å². The molecule has 0 aromatic carbocycles. The maximum atomic E-state index is 13.7. The van der Waals surface area contributed by atoms with E-state index in [1.54, 1.807) is 50.9 Å². The van der Waals surface area contributed by atoms with Crippen molar-refractivity contribution in [2.24, 2.45) is 0 Å². The fourth-order valence-electron chi connectivity index (χ4n) is 5.59. The molecule has 2 aliphatic heterocycles. The number of carbonyl (C=O) groups is 3. The first-order chi connectivity index (χ1) is 19.9. The molecule has 2 aromatic rings. The number of nitrogens with one attached hydrogen (secondary N) is 2. The third-order valence-electron chi connectivity index (χ3n) is 7.68. The number of carbonyl (C=O) groups excluding carboxylic acids is 3. The van der Waals surface area contributed by atoms with E-state index in [4.69, 9.17) is 9.72 Å². The summed E-state index contributed by atoms with van der Waals surface area (Å²) in [5, 5.41) is 6.90. The zero-order valence-electron chi connectivity index (χ0n) is 25.9. The van der Waals surface area contributed by atoms with Gasteiger partial charge in [-0.2, -0.15) is 0 Å². The maximum Gasteiger partial charge on any atom is 0.408 e. The number of thiazole rings is 1. The summed E-state index contributed by atoms with van der Waals surface area (Å²) >= 11 is 1.66. The van der Waals surface area contributed by atoms with Gasteiger partial charge in [-0.15, -0.1) is 11.3 Å². The molecule has 1 unspecified atom stereocenters. The van der Waals surface area contributed by atoms with Gasteiger partial charge < -0.3 is 25.2 Å². The number of hydrogen-bond donors (Lipinski definition) is 2. The highest BCUT2D eigenvalue weighted by molar-refractivity contribution is 7.15. The summed E-state index contributed by atoms with van der Waals surface area (Å²) in [5.41, 5.74) is -0.861. The summed E-state index contributed by atoms with van der Waals surface area (Å²) < 4.78 is 5.37. The molecule has 2 aromatic heterocycles. The summed E-state index contributed by atoms with van der Waals surface area (Å²) in [4.78, 5) is 53.9. The molecule has 3 amide bonds. The molecule has 4 heterocycles. The molecule has 10 nitrogen and oxygen atoms in total. The first kappa shape index (κ1) is 31.7. The zero-order valence-corrected chi connectivity index (χ0v) is 26.7. The maximum absolute atomic E-state index is 13.7. The Morgan fingerprint density at radius 3 is 2.48 bits per heavy atom. The van der Waals surface area contributed by atoms with Gasteiger partial charge in [-0.3, -0.25) is 9.59 Å². The number of anilines is 2. The minimum atomic E-state index is -1.20. The number of rotatable bonds is 8. The SMILES string of the molecule is CCCc1cnc(Nc2cccc(C3CCN(C(=O)C4CCCCN4C(=O)C(C)(C)NC(=O)OC(C)(C)C)CC3)n2)s1. The number of hydrogen-bond acceptors (Lipinski definition) is 8. The predicted octanol–water partition coefficient (Wildman–Crippen LogP) is 5.62. The number of amides is 3. The van der Waals surface area contributed by atoms with Crippen LogP contribution in [0, 0.1) is 0 Å². The Morgan fingerprint density at radius 1 is 1.05 bits per heavy atom. The van der Waals surface area contributed by atoms with Crippen molar-refractivity contribution < 1.29 is 19.1 Å². The Labute approximate surface area is 253 Å². The fraction of sp³-hybridized carbons (Fsp3) is 0.645. The molecule has 0 bridgehead atoms. The Morgan fingerprint density at radius 2 is 1.79 bits per heavy atom. The van der Waals surface area contributed by atoms with Crippen LogP contribution in [0.2, 0.25) is 0 Å². The van der Waals surface area contributed by atoms with Gasteiger partial charge in [-0.05, 0) is 85.3 Å². The van der Waals surface area contributed by atoms with E-state index >= 15 is 0 Å². The van der Waals surface area contributed by atoms with Crippen LogP contribution in [0.1, 0.15) is 96.6 Å². The highest BCUT2D eigenvalue weighted by atomic mass is 32.1. The van der Waals surface area contributed by atoms with Crippen molar-refractivity contribution in [2.45, 2.75) is 110 Å². The second kappa shape index (κ2) is 13.4. The molecule has 0 aliphatic carbocycles. The molecule has 0 spiro atoms. The van der Waals surface area contributed by atoms with Crippen LogP contribution < -0.4 is 10.6 Å². The number of aromatic nitrogens is 2. The molecule has 2 N–H and O–H groups in total. The van der Waals surface area contributed by atoms with Crippen molar-refractivity contribution in [1.82, 2.24) is 25.1 Å². The second-order valence-corrected chi connectivity index (χ2v) is 13.9. The summed E-state index contributed by atoms with van der Waals surface area (Å²) in [6.45, 7) is 12.5. The molecular weight excluding hydrogens is 552 g/mol. The van der Waals surface area contributed by atoms with Gasteiger partial charge in [0.25, 0.3) is 0 Å². The topological polar surface area (TPSA) is 117 Å². The average molecular weight is 599 g/mol. The van der Waals surface area contributed by atoms with Crippen LogP contribution in [-0.4, -0.2) is 74.5 Å². The van der Waals surface area contributed by atoms with Crippen molar-refractivity contribution in [3.63, 3.8) is 0 Å². The summed E-state index contributed by atoms with van der Waals surface area (Å²) in [6, 6.07) is 5.50. The van der Waals surface area contributed by atoms with E-state index in [1.807, 2.05) is 23.2 Å². The third-order valence-corrected chi connectivity index (χ3v) is 8.65. The first-order valence-electron chi connectivity index (χ1n) is 15.2. The molecule has 0 radical (unpaired) electrons. The van der Waals surface area contributed by atoms with Crippen LogP contribution in [0.5, 0.6) is 0 Å². The van der Waals surface area contributed by atoms with Crippen molar-refractivity contribution >= 4 is 40.2 Å². The van der Waals surface area contributed by atoms with Gasteiger partial charge in [0.2, 0.25) is 11.8 Å². The van der Waals surface area contributed by atoms with E-state index in [0.717, 1.165) is 55.2 Å². The highest BCUT2D eigenvalue weighted by Crippen LogP contribution is 2.31. The van der Waals surface area contributed by atoms with Gasteiger partial charge in [-0.25, -0.2) is 14.8 Å². The molecule has 4 rings (SSSR count). The van der Waals surface area contributed by atoms with Crippen LogP contribution in [0.3, 0.4) is 0 Å². The largest absolute Gasteiger partial charge is 0.444 e. The molecule has 230 valence electrons. The summed E-state index contributed by atoms with van der Waals surface area (Å²) in [6.07, 6.45) is 7.36. The standard InChI is InChI=1S/C31H46N6O4S/c1-7-11-22-20-32-28(42-22)34-25-14-10-12-23(33-25)21-15-18-36(19-16-21)26(38)24-13-8-9-17-37(24)27(39)31(5,6)35-29(40)41-30(2,3)4/h10,12,14,20-21,24H,7-9,11,13,15-19H2,1-6H3,(H,35,40)(H,32,33,34). The molecular formula is C31H46N6O4S. The molecule has 1 atom stereocenters. The normalized spacial score (nSPS) is 18.5. The number of aryl methyl sites for hydroxylation is 1. The first-order valence-corrected chi connectivity index (χ1v) is 16.0. The number of pyridine rings is 1. The van der Waals surface area contributed by atoms with E-state index in [9.17, 15) is 14.4 Å². The van der Waals surface area contributed by atoms with Crippen LogP contribution >= 0.6 is 11.3 Å². The molecule has 2 fully saturated rings. The fourth-order valence-corrected chi connectivity index (χ4v) is 6.52. The molecule has 11 heteroatoms. The number of likely N-dealkylation sites (tertiary alicyclic amines) is 2. The molecule has 2 saturated heterocycles. The van der Waals surface area contributed by atoms with Gasteiger partial charge in [0.05, 0.1) is 0 Å². The Hall–Kier alpha value is -3.21. The lowest BCUT2D eigenvalue weighted by molar-refractivity contribution is -0.151. The second-order valence-electron chi connectivity index (χ2n) is 12.8. The van der Waals surface area contributed by atoms with Crippen LogP contribution in [0.15, 0.2) is 24.4 Å². The van der Waals surface area contributed by atoms with Crippen molar-refractivity contribution in [3.8, 4) is 0 Å². The third kappa shape index (κ3) is 8.20. The van der Waals surface area contributed by atoms with E-state index in [2.05, 4.69) is 28.6 Å². The lowest BCUT2D eigenvalue weighted by Gasteiger charge is -2.42. The van der Waals surface area contributed by atoms with Crippen LogP contribution in [-0.2, 0) is 20.7 Å². The zero-order chi connectivity index (χ0) is 30.5. The quantitative estimate of drug-likeness (QED) is 0.405. The molecule has 0 saturated carbocycles. The molecule has 42 heavy (non-hydrogen) atoms. The van der Waals surface area contributed by atoms with E-state index in [-0.39, 0.29) is 17.7 Å². The minimum Gasteiger partial charge on any atom is -0.444 e. The van der Waals surface area contributed by atoms with Gasteiger partial charge in [0.1, 0.15) is 23.0 Å². The van der Waals surface area contributed by atoms with E-state index in [1.165, 1.54) is 4.88 Å². The monoisotopic (exact) mass is 598 g/mol. The van der Waals surface area contributed by atoms with Crippen LogP contribution in [0.4, 0.5) is 15.7 Å². The van der Waals surface area contributed by atoms with Gasteiger partial charge >= 0.3 is 6.09 Å². The van der Waals surface area contributed by atoms with E-state index < -0.39 is 23.3 Å². The number of alkyl carbamates (subject to hydrolysis) is 1.